The number of carbonyl (C=O) groups is 1. The molecule has 0 unspecified atom stereocenters. The highest BCUT2D eigenvalue weighted by Gasteiger charge is 2.20. The van der Waals surface area contributed by atoms with Crippen LogP contribution in [0.3, 0.4) is 0 Å². The molecule has 1 saturated heterocycles. The van der Waals surface area contributed by atoms with Crippen LogP contribution in [0.1, 0.15) is 16.7 Å². The van der Waals surface area contributed by atoms with Crippen LogP contribution >= 0.6 is 11.8 Å². The van der Waals surface area contributed by atoms with Crippen LogP contribution in [0.2, 0.25) is 0 Å². The Morgan fingerprint density at radius 3 is 1.96 bits per heavy atom. The molecule has 0 aromatic heterocycles. The van der Waals surface area contributed by atoms with Crippen molar-refractivity contribution in [3.63, 3.8) is 0 Å². The van der Waals surface area contributed by atoms with E-state index >= 15 is 0 Å². The number of nitrogens with zero attached hydrogens (tertiary/aromatic N) is 2. The number of ketones is 1. The quantitative estimate of drug-likeness (QED) is 0.576. The van der Waals surface area contributed by atoms with Gasteiger partial charge in [0.05, 0.1) is 18.2 Å². The summed E-state index contributed by atoms with van der Waals surface area (Å²) < 4.78 is 0. The highest BCUT2D eigenvalue weighted by atomic mass is 32.2. The fourth-order valence-electron chi connectivity index (χ4n) is 2.52. The van der Waals surface area contributed by atoms with Crippen LogP contribution in [0.4, 0.5) is 5.69 Å². The minimum Gasteiger partial charge on any atom is -0.289 e. The van der Waals surface area contributed by atoms with Crippen molar-refractivity contribution in [3.8, 4) is 6.07 Å². The van der Waals surface area contributed by atoms with Crippen LogP contribution in [0.25, 0.3) is 17.0 Å². The van der Waals surface area contributed by atoms with Gasteiger partial charge >= 0.3 is 0 Å². The van der Waals surface area contributed by atoms with Crippen LogP contribution in [-0.4, -0.2) is 17.3 Å². The molecule has 0 aliphatic carbocycles. The first-order chi connectivity index (χ1) is 12.2. The summed E-state index contributed by atoms with van der Waals surface area (Å²) in [6, 6.07) is 16.5. The maximum absolute atomic E-state index is 12.7. The molecule has 0 bridgehead atoms. The number of carbonyl (C=O) groups excluding carboxylic acids is 1. The molecule has 4 heteroatoms. The molecule has 120 valence electrons. The summed E-state index contributed by atoms with van der Waals surface area (Å²) in [5.74, 6) is 1.44. The third-order valence-electron chi connectivity index (χ3n) is 3.84. The summed E-state index contributed by atoms with van der Waals surface area (Å²) in [6.45, 7) is 6.98. The number of hydrogen-bond acceptors (Lipinski definition) is 3. The molecule has 25 heavy (non-hydrogen) atoms. The lowest BCUT2D eigenvalue weighted by atomic mass is 10.00. The van der Waals surface area contributed by atoms with Crippen molar-refractivity contribution in [1.82, 2.24) is 0 Å². The summed E-state index contributed by atoms with van der Waals surface area (Å²) in [6.07, 6.45) is 3.79. The minimum absolute atomic E-state index is 0.0670. The smallest absolute Gasteiger partial charge is 0.187 e. The van der Waals surface area contributed by atoms with Gasteiger partial charge in [-0.2, -0.15) is 17.0 Å². The van der Waals surface area contributed by atoms with E-state index in [1.165, 1.54) is 0 Å². The number of rotatable bonds is 2. The van der Waals surface area contributed by atoms with E-state index in [0.717, 1.165) is 22.3 Å². The Kier molecular flexibility index (Phi) is 5.14. The summed E-state index contributed by atoms with van der Waals surface area (Å²) in [7, 11) is 0. The van der Waals surface area contributed by atoms with Gasteiger partial charge in [0.1, 0.15) is 0 Å². The fourth-order valence-corrected chi connectivity index (χ4v) is 3.49. The van der Waals surface area contributed by atoms with E-state index in [-0.39, 0.29) is 5.78 Å². The minimum atomic E-state index is 0.0670. The first-order valence-electron chi connectivity index (χ1n) is 7.71. The van der Waals surface area contributed by atoms with Crippen molar-refractivity contribution < 1.29 is 4.79 Å². The van der Waals surface area contributed by atoms with E-state index in [9.17, 15) is 4.79 Å². The lowest BCUT2D eigenvalue weighted by Crippen LogP contribution is -2.16. The second-order valence-corrected chi connectivity index (χ2v) is 6.58. The Hall–Kier alpha value is -3.08. The second-order valence-electron chi connectivity index (χ2n) is 5.60. The number of Topliss-reactive ketones (excluding diaryl/α,β-unsaturated/α-hetero) is 1. The molecular weight excluding hydrogens is 328 g/mol. The molecule has 0 amide bonds. The summed E-state index contributed by atoms with van der Waals surface area (Å²) >= 11 is 1.71. The Bertz CT molecular complexity index is 862. The van der Waals surface area contributed by atoms with Crippen molar-refractivity contribution in [2.75, 3.05) is 11.5 Å². The highest BCUT2D eigenvalue weighted by molar-refractivity contribution is 7.99. The summed E-state index contributed by atoms with van der Waals surface area (Å²) in [5, 5.41) is 8.85. The Labute approximate surface area is 151 Å². The maximum atomic E-state index is 12.7. The fraction of sp³-hybridized carbons (Fsp3) is 0.0952. The van der Waals surface area contributed by atoms with Crippen LogP contribution in [0.5, 0.6) is 0 Å². The molecule has 0 radical (unpaired) electrons. The molecule has 2 aromatic rings. The van der Waals surface area contributed by atoms with Gasteiger partial charge in [-0.15, -0.1) is 0 Å². The van der Waals surface area contributed by atoms with Gasteiger partial charge in [0.25, 0.3) is 0 Å². The second kappa shape index (κ2) is 7.66. The van der Waals surface area contributed by atoms with Gasteiger partial charge in [0.2, 0.25) is 0 Å². The molecule has 1 aliphatic rings. The predicted octanol–water partition coefficient (Wildman–Crippen LogP) is 4.89. The zero-order chi connectivity index (χ0) is 17.6. The van der Waals surface area contributed by atoms with Crippen molar-refractivity contribution in [2.24, 2.45) is 0 Å². The Morgan fingerprint density at radius 2 is 1.48 bits per heavy atom. The van der Waals surface area contributed by atoms with Crippen molar-refractivity contribution in [2.45, 2.75) is 0 Å². The molecule has 0 spiro atoms. The van der Waals surface area contributed by atoms with E-state index in [4.69, 9.17) is 11.8 Å². The van der Waals surface area contributed by atoms with E-state index in [2.05, 4.69) is 10.9 Å². The van der Waals surface area contributed by atoms with E-state index in [1.54, 1.807) is 36.0 Å². The number of benzene rings is 2. The Balaban J connectivity index is 1.84. The van der Waals surface area contributed by atoms with Crippen LogP contribution in [0, 0.1) is 17.9 Å². The van der Waals surface area contributed by atoms with Crippen molar-refractivity contribution >= 4 is 35.4 Å². The first kappa shape index (κ1) is 16.8. The molecule has 1 aliphatic heterocycles. The van der Waals surface area contributed by atoms with Crippen molar-refractivity contribution in [1.29, 1.82) is 5.26 Å². The van der Waals surface area contributed by atoms with Crippen LogP contribution in [0.15, 0.2) is 59.7 Å². The SMILES string of the molecule is [C-]#[N+]c1ccc(/C=C2\CSC/C(=C\c3ccc(C#N)cc3)C2=O)cc1. The average Bonchev–Trinajstić information content (AvgIpc) is 2.66. The van der Waals surface area contributed by atoms with Gasteiger partial charge in [-0.1, -0.05) is 36.4 Å². The molecular formula is C21H14N2OS. The molecule has 0 N–H and O–H groups in total. The molecule has 3 rings (SSSR count). The van der Waals surface area contributed by atoms with E-state index in [0.29, 0.717) is 22.8 Å². The van der Waals surface area contributed by atoms with Gasteiger partial charge in [-0.3, -0.25) is 4.79 Å². The topological polar surface area (TPSA) is 45.2 Å². The predicted molar refractivity (Wildman–Crippen MR) is 102 cm³/mol. The normalized spacial score (nSPS) is 17.3. The molecule has 0 saturated carbocycles. The largest absolute Gasteiger partial charge is 0.289 e. The lowest BCUT2D eigenvalue weighted by Gasteiger charge is -2.16. The average molecular weight is 342 g/mol. The molecule has 0 atom stereocenters. The molecule has 3 nitrogen and oxygen atoms in total. The highest BCUT2D eigenvalue weighted by Crippen LogP contribution is 2.27. The summed E-state index contributed by atoms with van der Waals surface area (Å²) in [4.78, 5) is 16.1. The van der Waals surface area contributed by atoms with Gasteiger partial charge in [0, 0.05) is 22.7 Å². The monoisotopic (exact) mass is 342 g/mol. The van der Waals surface area contributed by atoms with Gasteiger partial charge in [-0.05, 0) is 35.4 Å². The number of thioether (sulfide) groups is 1. The first-order valence-corrected chi connectivity index (χ1v) is 8.86. The molecule has 1 heterocycles. The van der Waals surface area contributed by atoms with Crippen LogP contribution < -0.4 is 0 Å². The molecule has 2 aromatic carbocycles. The maximum Gasteiger partial charge on any atom is 0.187 e. The summed E-state index contributed by atoms with van der Waals surface area (Å²) in [5.41, 5.74) is 4.58. The third kappa shape index (κ3) is 4.07. The number of nitriles is 1. The lowest BCUT2D eigenvalue weighted by molar-refractivity contribution is -0.112. The van der Waals surface area contributed by atoms with Crippen molar-refractivity contribution in [3.05, 3.63) is 87.8 Å². The number of hydrogen-bond donors (Lipinski definition) is 0. The Morgan fingerprint density at radius 1 is 0.960 bits per heavy atom. The van der Waals surface area contributed by atoms with E-state index < -0.39 is 0 Å². The standard InChI is InChI=1S/C21H14N2OS/c1-23-20-8-6-16(7-9-20)11-19-14-25-13-18(21(19)24)10-15-2-4-17(12-22)5-3-15/h2-11H,13-14H2/b18-10+,19-11+. The van der Waals surface area contributed by atoms with Gasteiger partial charge < -0.3 is 0 Å². The third-order valence-corrected chi connectivity index (χ3v) is 4.87. The van der Waals surface area contributed by atoms with Gasteiger partial charge in [0.15, 0.2) is 11.5 Å². The van der Waals surface area contributed by atoms with Crippen LogP contribution in [-0.2, 0) is 4.79 Å². The van der Waals surface area contributed by atoms with Gasteiger partial charge in [-0.25, -0.2) is 4.85 Å². The zero-order valence-corrected chi connectivity index (χ0v) is 14.2. The zero-order valence-electron chi connectivity index (χ0n) is 13.4. The molecule has 1 fully saturated rings. The van der Waals surface area contributed by atoms with E-state index in [1.807, 2.05) is 36.4 Å².